The molecular formula is C22H28F3N3O3S. The number of rotatable bonds is 7. The lowest BCUT2D eigenvalue weighted by atomic mass is 10.0. The first-order valence-electron chi connectivity index (χ1n) is 10.4. The summed E-state index contributed by atoms with van der Waals surface area (Å²) in [6, 6.07) is 6.93. The maximum Gasteiger partial charge on any atom is 0.253 e. The van der Waals surface area contributed by atoms with Gasteiger partial charge in [-0.1, -0.05) is 6.92 Å². The van der Waals surface area contributed by atoms with Crippen molar-refractivity contribution in [3.05, 3.63) is 65.0 Å². The Balaban J connectivity index is 0.00000385. The molecule has 0 aliphatic carbocycles. The SMILES string of the molecule is CCCS(=O)(=O)Nc1ccc(C(=O)N2CCN(C(C)c3c(F)cc(F)cc3F)CC2)cc1.[HH]. The molecule has 1 N–H and O–H groups in total. The van der Waals surface area contributed by atoms with Crippen LogP contribution in [0.4, 0.5) is 18.9 Å². The van der Waals surface area contributed by atoms with Crippen molar-refractivity contribution in [1.29, 1.82) is 0 Å². The highest BCUT2D eigenvalue weighted by Gasteiger charge is 2.28. The van der Waals surface area contributed by atoms with E-state index in [1.54, 1.807) is 43.0 Å². The van der Waals surface area contributed by atoms with Gasteiger partial charge in [-0.05, 0) is 37.6 Å². The summed E-state index contributed by atoms with van der Waals surface area (Å²) in [5, 5.41) is 0. The molecule has 0 saturated carbocycles. The Morgan fingerprint density at radius 1 is 1.06 bits per heavy atom. The number of carbonyl (C=O) groups excluding carboxylic acids is 1. The van der Waals surface area contributed by atoms with Crippen molar-refractivity contribution in [1.82, 2.24) is 9.80 Å². The number of benzene rings is 2. The van der Waals surface area contributed by atoms with Gasteiger partial charge in [-0.3, -0.25) is 14.4 Å². The van der Waals surface area contributed by atoms with E-state index in [2.05, 4.69) is 4.72 Å². The summed E-state index contributed by atoms with van der Waals surface area (Å²) in [4.78, 5) is 16.3. The summed E-state index contributed by atoms with van der Waals surface area (Å²) in [5.41, 5.74) is 0.616. The number of nitrogens with zero attached hydrogens (tertiary/aromatic N) is 2. The molecule has 0 spiro atoms. The predicted molar refractivity (Wildman–Crippen MR) is 118 cm³/mol. The minimum Gasteiger partial charge on any atom is -0.336 e. The third kappa shape index (κ3) is 5.60. The summed E-state index contributed by atoms with van der Waals surface area (Å²) in [5.74, 6) is -3.01. The number of nitrogens with one attached hydrogen (secondary N) is 1. The number of piperazine rings is 1. The van der Waals surface area contributed by atoms with Gasteiger partial charge in [0, 0.05) is 62.6 Å². The Labute approximate surface area is 187 Å². The standard InChI is InChI=1S/C22H26F3N3O3S.H2/c1-3-12-32(30,31)26-18-6-4-16(5-7-18)22(29)28-10-8-27(9-11-28)15(2)21-19(24)13-17(23)14-20(21)25;/h4-7,13-15,26H,3,8-12H2,1-2H3;1H. The minimum absolute atomic E-state index is 0. The van der Waals surface area contributed by atoms with E-state index in [9.17, 15) is 26.4 Å². The molecule has 1 aliphatic rings. The summed E-state index contributed by atoms with van der Waals surface area (Å²) in [6.07, 6.45) is 0.497. The second kappa shape index (κ2) is 9.91. The van der Waals surface area contributed by atoms with Crippen molar-refractivity contribution in [2.24, 2.45) is 0 Å². The molecule has 1 saturated heterocycles. The fourth-order valence-corrected chi connectivity index (χ4v) is 4.94. The topological polar surface area (TPSA) is 69.7 Å². The Morgan fingerprint density at radius 2 is 1.62 bits per heavy atom. The quantitative estimate of drug-likeness (QED) is 0.662. The molecule has 0 radical (unpaired) electrons. The average molecular weight is 472 g/mol. The fraction of sp³-hybridized carbons (Fsp3) is 0.409. The van der Waals surface area contributed by atoms with E-state index >= 15 is 0 Å². The van der Waals surface area contributed by atoms with E-state index in [1.807, 2.05) is 4.90 Å². The van der Waals surface area contributed by atoms with Crippen LogP contribution in [0, 0.1) is 17.5 Å². The number of carbonyl (C=O) groups is 1. The summed E-state index contributed by atoms with van der Waals surface area (Å²) < 4.78 is 67.6. The van der Waals surface area contributed by atoms with Crippen LogP contribution < -0.4 is 4.72 Å². The van der Waals surface area contributed by atoms with Crippen LogP contribution >= 0.6 is 0 Å². The lowest BCUT2D eigenvalue weighted by molar-refractivity contribution is 0.0575. The van der Waals surface area contributed by atoms with Crippen molar-refractivity contribution in [2.75, 3.05) is 36.7 Å². The van der Waals surface area contributed by atoms with E-state index in [-0.39, 0.29) is 18.7 Å². The number of anilines is 1. The van der Waals surface area contributed by atoms with Crippen LogP contribution in [0.3, 0.4) is 0 Å². The van der Waals surface area contributed by atoms with Crippen molar-refractivity contribution in [2.45, 2.75) is 26.3 Å². The maximum atomic E-state index is 14.1. The molecule has 2 aromatic carbocycles. The molecule has 1 amide bonds. The lowest BCUT2D eigenvalue weighted by Crippen LogP contribution is -2.49. The number of hydrogen-bond acceptors (Lipinski definition) is 4. The normalized spacial score (nSPS) is 16.1. The first-order valence-corrected chi connectivity index (χ1v) is 12.0. The highest BCUT2D eigenvalue weighted by molar-refractivity contribution is 7.92. The van der Waals surface area contributed by atoms with E-state index in [0.29, 0.717) is 56.0 Å². The second-order valence-corrected chi connectivity index (χ2v) is 9.63. The Bertz CT molecular complexity index is 1050. The van der Waals surface area contributed by atoms with E-state index in [0.717, 1.165) is 0 Å². The van der Waals surface area contributed by atoms with Crippen LogP contribution in [-0.2, 0) is 10.0 Å². The number of amides is 1. The monoisotopic (exact) mass is 471 g/mol. The smallest absolute Gasteiger partial charge is 0.253 e. The summed E-state index contributed by atoms with van der Waals surface area (Å²) in [7, 11) is -3.41. The first kappa shape index (κ1) is 24.1. The van der Waals surface area contributed by atoms with Crippen LogP contribution in [-0.4, -0.2) is 56.1 Å². The zero-order chi connectivity index (χ0) is 23.5. The summed E-state index contributed by atoms with van der Waals surface area (Å²) in [6.45, 7) is 4.94. The van der Waals surface area contributed by atoms with Crippen LogP contribution in [0.5, 0.6) is 0 Å². The fourth-order valence-electron chi connectivity index (χ4n) is 3.81. The van der Waals surface area contributed by atoms with Gasteiger partial charge < -0.3 is 4.90 Å². The average Bonchev–Trinajstić information content (AvgIpc) is 2.72. The third-order valence-electron chi connectivity index (χ3n) is 5.49. The zero-order valence-electron chi connectivity index (χ0n) is 17.9. The van der Waals surface area contributed by atoms with Crippen LogP contribution in [0.15, 0.2) is 36.4 Å². The molecule has 6 nitrogen and oxygen atoms in total. The van der Waals surface area contributed by atoms with Gasteiger partial charge in [0.1, 0.15) is 17.5 Å². The molecule has 176 valence electrons. The number of sulfonamides is 1. The van der Waals surface area contributed by atoms with Crippen LogP contribution in [0.25, 0.3) is 0 Å². The lowest BCUT2D eigenvalue weighted by Gasteiger charge is -2.38. The molecule has 1 unspecified atom stereocenters. The van der Waals surface area contributed by atoms with E-state index < -0.39 is 33.5 Å². The predicted octanol–water partition coefficient (Wildman–Crippen LogP) is 4.02. The van der Waals surface area contributed by atoms with Gasteiger partial charge in [-0.15, -0.1) is 0 Å². The maximum absolute atomic E-state index is 14.1. The zero-order valence-corrected chi connectivity index (χ0v) is 18.8. The molecule has 1 aliphatic heterocycles. The van der Waals surface area contributed by atoms with Crippen LogP contribution in [0.2, 0.25) is 0 Å². The van der Waals surface area contributed by atoms with Gasteiger partial charge >= 0.3 is 0 Å². The Hall–Kier alpha value is -2.59. The molecule has 2 aromatic rings. The molecule has 0 bridgehead atoms. The van der Waals surface area contributed by atoms with Gasteiger partial charge in [-0.25, -0.2) is 21.6 Å². The molecule has 10 heteroatoms. The molecular weight excluding hydrogens is 443 g/mol. The molecule has 1 fully saturated rings. The van der Waals surface area contributed by atoms with Crippen molar-refractivity contribution in [3.8, 4) is 0 Å². The van der Waals surface area contributed by atoms with Crippen molar-refractivity contribution >= 4 is 21.6 Å². The number of hydrogen-bond donors (Lipinski definition) is 1. The van der Waals surface area contributed by atoms with Gasteiger partial charge in [0.25, 0.3) is 5.91 Å². The largest absolute Gasteiger partial charge is 0.336 e. The van der Waals surface area contributed by atoms with Gasteiger partial charge in [0.05, 0.1) is 5.75 Å². The highest BCUT2D eigenvalue weighted by atomic mass is 32.2. The van der Waals surface area contributed by atoms with Crippen molar-refractivity contribution < 1.29 is 27.8 Å². The molecule has 1 heterocycles. The molecule has 1 atom stereocenters. The van der Waals surface area contributed by atoms with Gasteiger partial charge in [0.15, 0.2) is 0 Å². The molecule has 0 aromatic heterocycles. The van der Waals surface area contributed by atoms with Gasteiger partial charge in [-0.2, -0.15) is 0 Å². The second-order valence-electron chi connectivity index (χ2n) is 7.79. The van der Waals surface area contributed by atoms with E-state index in [1.165, 1.54) is 0 Å². The number of halogens is 3. The minimum atomic E-state index is -3.41. The first-order chi connectivity index (χ1) is 15.1. The van der Waals surface area contributed by atoms with Gasteiger partial charge in [0.2, 0.25) is 10.0 Å². The summed E-state index contributed by atoms with van der Waals surface area (Å²) >= 11 is 0. The third-order valence-corrected chi connectivity index (χ3v) is 6.98. The molecule has 32 heavy (non-hydrogen) atoms. The van der Waals surface area contributed by atoms with E-state index in [4.69, 9.17) is 0 Å². The highest BCUT2D eigenvalue weighted by Crippen LogP contribution is 2.28. The van der Waals surface area contributed by atoms with Crippen molar-refractivity contribution in [3.63, 3.8) is 0 Å². The molecule has 3 rings (SSSR count). The Morgan fingerprint density at radius 3 is 2.16 bits per heavy atom. The Kier molecular flexibility index (Phi) is 7.45. The van der Waals surface area contributed by atoms with Crippen LogP contribution in [0.1, 0.15) is 43.7 Å².